The van der Waals surface area contributed by atoms with Crippen molar-refractivity contribution in [2.24, 2.45) is 0 Å². The Morgan fingerprint density at radius 3 is 0.912 bits per heavy atom. The van der Waals surface area contributed by atoms with Gasteiger partial charge in [0, 0.05) is 0 Å². The van der Waals surface area contributed by atoms with E-state index >= 15 is 0 Å². The molecule has 5 nitrogen and oxygen atoms in total. The molecule has 2 rings (SSSR count). The van der Waals surface area contributed by atoms with Gasteiger partial charge in [0.05, 0.1) is 0 Å². The van der Waals surface area contributed by atoms with E-state index in [2.05, 4.69) is 95.2 Å². The van der Waals surface area contributed by atoms with Gasteiger partial charge in [-0.25, -0.2) is 0 Å². The molecule has 0 atom stereocenters. The number of hydrogen-bond donors (Lipinski definition) is 1. The van der Waals surface area contributed by atoms with Crippen LogP contribution in [0.25, 0.3) is 0 Å². The highest BCUT2D eigenvalue weighted by Gasteiger charge is 2.24. The Morgan fingerprint density at radius 2 is 0.706 bits per heavy atom. The van der Waals surface area contributed by atoms with Crippen molar-refractivity contribution < 1.29 is 24.0 Å². The Morgan fingerprint density at radius 1 is 0.471 bits per heavy atom. The number of benzene rings is 2. The van der Waals surface area contributed by atoms with Crippen LogP contribution in [0.3, 0.4) is 0 Å². The highest BCUT2D eigenvalue weighted by atomic mass is 31.2. The molecule has 0 radical (unpaired) electrons. The summed E-state index contributed by atoms with van der Waals surface area (Å²) in [6, 6.07) is 12.0. The minimum absolute atomic E-state index is 0.0637. The first-order valence-electron chi connectivity index (χ1n) is 11.8. The van der Waals surface area contributed by atoms with Gasteiger partial charge in [-0.2, -0.15) is 0 Å². The summed E-state index contributed by atoms with van der Waals surface area (Å²) in [5.41, 5.74) is 4.21. The van der Waals surface area contributed by atoms with Crippen molar-refractivity contribution >= 4 is 8.60 Å². The molecule has 0 saturated heterocycles. The van der Waals surface area contributed by atoms with Crippen LogP contribution in [-0.2, 0) is 31.0 Å². The van der Waals surface area contributed by atoms with Crippen LogP contribution >= 0.6 is 8.60 Å². The van der Waals surface area contributed by atoms with Crippen LogP contribution in [0.4, 0.5) is 0 Å². The molecule has 0 amide bonds. The SMILES string of the molecule is CC(C)(C)c1cc(OOP(O)OOc2cc(C(C)(C)C)cc(C(C)(C)C)c2)cc(C(C)(C)C)c1. The first-order chi connectivity index (χ1) is 15.3. The van der Waals surface area contributed by atoms with Gasteiger partial charge in [0.25, 0.3) is 0 Å². The highest BCUT2D eigenvalue weighted by molar-refractivity contribution is 7.40. The van der Waals surface area contributed by atoms with Crippen LogP contribution in [0.15, 0.2) is 36.4 Å². The van der Waals surface area contributed by atoms with Gasteiger partial charge in [0.1, 0.15) is 0 Å². The smallest absolute Gasteiger partial charge is 0.329 e. The molecule has 0 fully saturated rings. The molecule has 0 heterocycles. The quantitative estimate of drug-likeness (QED) is 0.250. The van der Waals surface area contributed by atoms with Crippen molar-refractivity contribution in [1.29, 1.82) is 0 Å². The largest absolute Gasteiger partial charge is 0.414 e. The van der Waals surface area contributed by atoms with Crippen molar-refractivity contribution in [2.45, 2.75) is 105 Å². The Hall–Kier alpha value is -1.65. The summed E-state index contributed by atoms with van der Waals surface area (Å²) in [7, 11) is -2.42. The lowest BCUT2D eigenvalue weighted by molar-refractivity contribution is -0.171. The second-order valence-electron chi connectivity index (χ2n) is 13.0. The molecule has 0 aliphatic rings. The fraction of sp³-hybridized carbons (Fsp3) is 0.571. The van der Waals surface area contributed by atoms with Gasteiger partial charge in [0.15, 0.2) is 11.5 Å². The third-order valence-electron chi connectivity index (χ3n) is 5.67. The van der Waals surface area contributed by atoms with E-state index in [0.29, 0.717) is 11.5 Å². The van der Waals surface area contributed by atoms with E-state index in [9.17, 15) is 4.89 Å². The lowest BCUT2D eigenvalue weighted by Gasteiger charge is -2.26. The van der Waals surface area contributed by atoms with Gasteiger partial charge in [-0.3, -0.25) is 0 Å². The zero-order valence-electron chi connectivity index (χ0n) is 23.0. The molecule has 0 spiro atoms. The van der Waals surface area contributed by atoms with E-state index in [0.717, 1.165) is 22.3 Å². The van der Waals surface area contributed by atoms with E-state index in [1.165, 1.54) is 0 Å². The Labute approximate surface area is 207 Å². The van der Waals surface area contributed by atoms with Gasteiger partial charge < -0.3 is 14.7 Å². The van der Waals surface area contributed by atoms with Crippen LogP contribution < -0.4 is 9.78 Å². The predicted molar refractivity (Wildman–Crippen MR) is 140 cm³/mol. The Bertz CT molecular complexity index is 828. The van der Waals surface area contributed by atoms with E-state index in [4.69, 9.17) is 19.1 Å². The summed E-state index contributed by atoms with van der Waals surface area (Å²) in [4.78, 5) is 21.2. The van der Waals surface area contributed by atoms with E-state index in [1.807, 2.05) is 24.3 Å². The predicted octanol–water partition coefficient (Wildman–Crippen LogP) is 8.42. The van der Waals surface area contributed by atoms with Gasteiger partial charge in [-0.1, -0.05) is 95.2 Å². The molecule has 2 aromatic carbocycles. The number of rotatable bonds is 6. The minimum Gasteiger partial charge on any atom is -0.329 e. The molecule has 0 aliphatic heterocycles. The first-order valence-corrected chi connectivity index (χ1v) is 12.9. The summed E-state index contributed by atoms with van der Waals surface area (Å²) in [5, 5.41) is 0. The lowest BCUT2D eigenvalue weighted by Crippen LogP contribution is -2.17. The first kappa shape index (κ1) is 28.6. The van der Waals surface area contributed by atoms with Crippen LogP contribution in [0.5, 0.6) is 11.5 Å². The van der Waals surface area contributed by atoms with E-state index < -0.39 is 8.60 Å². The fourth-order valence-electron chi connectivity index (χ4n) is 3.19. The maximum absolute atomic E-state index is 10.3. The second-order valence-corrected chi connectivity index (χ2v) is 13.8. The third kappa shape index (κ3) is 8.23. The van der Waals surface area contributed by atoms with E-state index in [1.54, 1.807) is 0 Å². The molecular weight excluding hydrogens is 447 g/mol. The second kappa shape index (κ2) is 10.1. The lowest BCUT2D eigenvalue weighted by atomic mass is 9.80. The maximum atomic E-state index is 10.3. The van der Waals surface area contributed by atoms with Crippen molar-refractivity contribution in [1.82, 2.24) is 0 Å². The fourth-order valence-corrected chi connectivity index (χ4v) is 3.51. The topological polar surface area (TPSA) is 57.2 Å². The Balaban J connectivity index is 2.14. The van der Waals surface area contributed by atoms with Crippen molar-refractivity contribution in [3.8, 4) is 11.5 Å². The molecule has 0 aliphatic carbocycles. The molecule has 0 saturated carbocycles. The van der Waals surface area contributed by atoms with Crippen molar-refractivity contribution in [3.63, 3.8) is 0 Å². The molecule has 0 aromatic heterocycles. The van der Waals surface area contributed by atoms with Crippen LogP contribution in [-0.4, -0.2) is 4.89 Å². The summed E-state index contributed by atoms with van der Waals surface area (Å²) in [6.45, 7) is 25.7. The summed E-state index contributed by atoms with van der Waals surface area (Å²) in [5.74, 6) is 1.01. The molecule has 0 bridgehead atoms. The van der Waals surface area contributed by atoms with Gasteiger partial charge in [0.2, 0.25) is 0 Å². The molecular formula is C28H43O5P. The minimum atomic E-state index is -2.42. The highest BCUT2D eigenvalue weighted by Crippen LogP contribution is 2.39. The zero-order chi connectivity index (χ0) is 26.1. The third-order valence-corrected chi connectivity index (χ3v) is 6.08. The van der Waals surface area contributed by atoms with Crippen LogP contribution in [0, 0.1) is 0 Å². The van der Waals surface area contributed by atoms with E-state index in [-0.39, 0.29) is 21.7 Å². The molecule has 2 aromatic rings. The summed E-state index contributed by atoms with van der Waals surface area (Å²) >= 11 is 0. The molecule has 1 N–H and O–H groups in total. The monoisotopic (exact) mass is 490 g/mol. The molecule has 34 heavy (non-hydrogen) atoms. The maximum Gasteiger partial charge on any atom is 0.414 e. The number of hydrogen-bond acceptors (Lipinski definition) is 5. The van der Waals surface area contributed by atoms with Gasteiger partial charge >= 0.3 is 8.60 Å². The average molecular weight is 491 g/mol. The summed E-state index contributed by atoms with van der Waals surface area (Å²) < 4.78 is 10.3. The van der Waals surface area contributed by atoms with Crippen LogP contribution in [0.2, 0.25) is 0 Å². The standard InChI is InChI=1S/C28H43O5P/c1-25(2,3)19-13-20(26(4,5)6)16-23(15-19)30-32-34(29)33-31-24-17-21(27(7,8)9)14-22(18-24)28(10,11)12/h13-18,29H,1-12H3. The summed E-state index contributed by atoms with van der Waals surface area (Å²) in [6.07, 6.45) is 0. The zero-order valence-corrected chi connectivity index (χ0v) is 23.9. The molecule has 0 unspecified atom stereocenters. The average Bonchev–Trinajstić information content (AvgIpc) is 2.67. The normalized spacial score (nSPS) is 13.4. The van der Waals surface area contributed by atoms with Gasteiger partial charge in [-0.05, 0) is 68.2 Å². The van der Waals surface area contributed by atoms with Crippen molar-refractivity contribution in [2.75, 3.05) is 0 Å². The molecule has 6 heteroatoms. The Kier molecular flexibility index (Phi) is 8.53. The van der Waals surface area contributed by atoms with Crippen molar-refractivity contribution in [3.05, 3.63) is 58.7 Å². The van der Waals surface area contributed by atoms with Crippen LogP contribution in [0.1, 0.15) is 105 Å². The van der Waals surface area contributed by atoms with Gasteiger partial charge in [-0.15, -0.1) is 9.35 Å². The molecule has 190 valence electrons.